The molecule has 4 heteroatoms. The summed E-state index contributed by atoms with van der Waals surface area (Å²) in [5, 5.41) is 0. The highest BCUT2D eigenvalue weighted by atomic mass is 79.9. The third-order valence-corrected chi connectivity index (χ3v) is 3.61. The van der Waals surface area contributed by atoms with Crippen LogP contribution >= 0.6 is 15.9 Å². The number of ether oxygens (including phenoxy) is 2. The zero-order valence-electron chi connectivity index (χ0n) is 11.4. The van der Waals surface area contributed by atoms with Gasteiger partial charge < -0.3 is 15.2 Å². The molecule has 2 aromatic rings. The van der Waals surface area contributed by atoms with E-state index in [1.165, 1.54) is 5.56 Å². The summed E-state index contributed by atoms with van der Waals surface area (Å²) in [6, 6.07) is 13.7. The molecule has 20 heavy (non-hydrogen) atoms. The second kappa shape index (κ2) is 7.20. The number of aryl methyl sites for hydroxylation is 1. The predicted octanol–water partition coefficient (Wildman–Crippen LogP) is 4.05. The maximum atomic E-state index is 5.75. The van der Waals surface area contributed by atoms with Crippen molar-refractivity contribution in [1.29, 1.82) is 0 Å². The Morgan fingerprint density at radius 1 is 1.10 bits per heavy atom. The number of rotatable bonds is 6. The van der Waals surface area contributed by atoms with Gasteiger partial charge in [-0.2, -0.15) is 0 Å². The van der Waals surface area contributed by atoms with Crippen molar-refractivity contribution in [2.45, 2.75) is 12.8 Å². The lowest BCUT2D eigenvalue weighted by atomic mass is 10.1. The minimum absolute atomic E-state index is 0.676. The molecule has 0 fully saturated rings. The Kier molecular flexibility index (Phi) is 5.30. The zero-order chi connectivity index (χ0) is 14.4. The highest BCUT2D eigenvalue weighted by Crippen LogP contribution is 2.29. The molecule has 0 spiro atoms. The number of nitrogen functional groups attached to an aromatic ring is 1. The topological polar surface area (TPSA) is 44.5 Å². The molecule has 0 bridgehead atoms. The van der Waals surface area contributed by atoms with Crippen molar-refractivity contribution in [3.05, 3.63) is 52.5 Å². The molecule has 2 N–H and O–H groups in total. The van der Waals surface area contributed by atoms with E-state index in [1.807, 2.05) is 30.3 Å². The molecule has 0 unspecified atom stereocenters. The number of hydrogen-bond acceptors (Lipinski definition) is 3. The third kappa shape index (κ3) is 4.17. The summed E-state index contributed by atoms with van der Waals surface area (Å²) in [4.78, 5) is 0. The van der Waals surface area contributed by atoms with Crippen LogP contribution in [0.5, 0.6) is 11.5 Å². The van der Waals surface area contributed by atoms with Crippen LogP contribution in [0.25, 0.3) is 0 Å². The first-order valence-corrected chi connectivity index (χ1v) is 7.29. The van der Waals surface area contributed by atoms with Crippen LogP contribution in [0.1, 0.15) is 12.0 Å². The molecular weight excluding hydrogens is 318 g/mol. The average Bonchev–Trinajstić information content (AvgIpc) is 2.46. The second-order valence-electron chi connectivity index (χ2n) is 4.49. The van der Waals surface area contributed by atoms with Gasteiger partial charge in [0.15, 0.2) is 0 Å². The van der Waals surface area contributed by atoms with Gasteiger partial charge in [-0.15, -0.1) is 0 Å². The van der Waals surface area contributed by atoms with Gasteiger partial charge in [0, 0.05) is 5.69 Å². The fraction of sp³-hybridized carbons (Fsp3) is 0.250. The summed E-state index contributed by atoms with van der Waals surface area (Å²) in [6.45, 7) is 0.676. The van der Waals surface area contributed by atoms with E-state index >= 15 is 0 Å². The van der Waals surface area contributed by atoms with Gasteiger partial charge >= 0.3 is 0 Å². The second-order valence-corrected chi connectivity index (χ2v) is 5.34. The van der Waals surface area contributed by atoms with Gasteiger partial charge in [0.05, 0.1) is 18.2 Å². The molecule has 106 valence electrons. The summed E-state index contributed by atoms with van der Waals surface area (Å²) in [5.74, 6) is 1.65. The highest BCUT2D eigenvalue weighted by molar-refractivity contribution is 9.10. The molecule has 0 heterocycles. The van der Waals surface area contributed by atoms with Crippen LogP contribution in [0, 0.1) is 0 Å². The van der Waals surface area contributed by atoms with Gasteiger partial charge in [0.2, 0.25) is 0 Å². The zero-order valence-corrected chi connectivity index (χ0v) is 13.0. The van der Waals surface area contributed by atoms with Gasteiger partial charge in [-0.05, 0) is 64.7 Å². The number of nitrogens with two attached hydrogens (primary N) is 1. The quantitative estimate of drug-likeness (QED) is 0.639. The van der Waals surface area contributed by atoms with Gasteiger partial charge in [0.1, 0.15) is 11.5 Å². The Morgan fingerprint density at radius 2 is 1.85 bits per heavy atom. The summed E-state index contributed by atoms with van der Waals surface area (Å²) < 4.78 is 11.8. The van der Waals surface area contributed by atoms with Gasteiger partial charge in [0.25, 0.3) is 0 Å². The predicted molar refractivity (Wildman–Crippen MR) is 85.4 cm³/mol. The maximum absolute atomic E-state index is 5.75. The number of halogens is 1. The van der Waals surface area contributed by atoms with Crippen LogP contribution < -0.4 is 15.2 Å². The highest BCUT2D eigenvalue weighted by Gasteiger charge is 2.03. The Hall–Kier alpha value is -1.68. The van der Waals surface area contributed by atoms with Crippen molar-refractivity contribution in [3.63, 3.8) is 0 Å². The maximum Gasteiger partial charge on any atom is 0.133 e. The molecule has 0 saturated heterocycles. The lowest BCUT2D eigenvalue weighted by Crippen LogP contribution is -2.00. The lowest BCUT2D eigenvalue weighted by Gasteiger charge is -2.09. The molecule has 3 nitrogen and oxygen atoms in total. The smallest absolute Gasteiger partial charge is 0.133 e. The van der Waals surface area contributed by atoms with Gasteiger partial charge in [-0.25, -0.2) is 0 Å². The van der Waals surface area contributed by atoms with Gasteiger partial charge in [-0.3, -0.25) is 0 Å². The minimum Gasteiger partial charge on any atom is -0.497 e. The number of methoxy groups -OCH3 is 1. The Bertz CT molecular complexity index is 555. The average molecular weight is 336 g/mol. The summed E-state index contributed by atoms with van der Waals surface area (Å²) >= 11 is 3.47. The first kappa shape index (κ1) is 14.7. The van der Waals surface area contributed by atoms with E-state index in [2.05, 4.69) is 28.1 Å². The van der Waals surface area contributed by atoms with E-state index in [0.717, 1.165) is 34.5 Å². The van der Waals surface area contributed by atoms with Crippen molar-refractivity contribution < 1.29 is 9.47 Å². The van der Waals surface area contributed by atoms with E-state index in [0.29, 0.717) is 6.61 Å². The first-order chi connectivity index (χ1) is 9.69. The monoisotopic (exact) mass is 335 g/mol. The van der Waals surface area contributed by atoms with Crippen molar-refractivity contribution in [1.82, 2.24) is 0 Å². The van der Waals surface area contributed by atoms with E-state index in [4.69, 9.17) is 15.2 Å². The fourth-order valence-electron chi connectivity index (χ4n) is 1.87. The molecule has 0 amide bonds. The molecule has 0 radical (unpaired) electrons. The van der Waals surface area contributed by atoms with Crippen LogP contribution in [-0.4, -0.2) is 13.7 Å². The van der Waals surface area contributed by atoms with Crippen molar-refractivity contribution >= 4 is 21.6 Å². The van der Waals surface area contributed by atoms with E-state index in [1.54, 1.807) is 7.11 Å². The molecule has 2 aromatic carbocycles. The van der Waals surface area contributed by atoms with E-state index < -0.39 is 0 Å². The van der Waals surface area contributed by atoms with Crippen molar-refractivity contribution in [2.24, 2.45) is 0 Å². The molecule has 0 aliphatic heterocycles. The van der Waals surface area contributed by atoms with Crippen LogP contribution in [0.15, 0.2) is 46.9 Å². The van der Waals surface area contributed by atoms with Crippen LogP contribution in [0.4, 0.5) is 5.69 Å². The van der Waals surface area contributed by atoms with Crippen molar-refractivity contribution in [2.75, 3.05) is 19.5 Å². The summed E-state index contributed by atoms with van der Waals surface area (Å²) in [6.07, 6.45) is 1.94. The molecule has 0 aliphatic rings. The number of benzene rings is 2. The molecule has 0 aromatic heterocycles. The van der Waals surface area contributed by atoms with E-state index in [9.17, 15) is 0 Å². The Labute approximate surface area is 127 Å². The standard InChI is InChI=1S/C16H18BrNO2/c1-19-14-8-9-16(15(17)11-14)20-10-2-3-12-4-6-13(18)7-5-12/h4-9,11H,2-3,10,18H2,1H3. The van der Waals surface area contributed by atoms with E-state index in [-0.39, 0.29) is 0 Å². The van der Waals surface area contributed by atoms with Crippen molar-refractivity contribution in [3.8, 4) is 11.5 Å². The SMILES string of the molecule is COc1ccc(OCCCc2ccc(N)cc2)c(Br)c1. The molecule has 2 rings (SSSR count). The normalized spacial score (nSPS) is 10.3. The van der Waals surface area contributed by atoms with Crippen LogP contribution in [0.3, 0.4) is 0 Å². The fourth-order valence-corrected chi connectivity index (χ4v) is 2.34. The molecule has 0 atom stereocenters. The lowest BCUT2D eigenvalue weighted by molar-refractivity contribution is 0.308. The summed E-state index contributed by atoms with van der Waals surface area (Å²) in [5.41, 5.74) is 7.73. The number of hydrogen-bond donors (Lipinski definition) is 1. The van der Waals surface area contributed by atoms with Crippen LogP contribution in [0.2, 0.25) is 0 Å². The van der Waals surface area contributed by atoms with Gasteiger partial charge in [-0.1, -0.05) is 12.1 Å². The molecule has 0 saturated carbocycles. The first-order valence-electron chi connectivity index (χ1n) is 6.50. The largest absolute Gasteiger partial charge is 0.497 e. The summed E-state index contributed by atoms with van der Waals surface area (Å²) in [7, 11) is 1.65. The molecule has 0 aliphatic carbocycles. The third-order valence-electron chi connectivity index (χ3n) is 2.99. The minimum atomic E-state index is 0.676. The Morgan fingerprint density at radius 3 is 2.50 bits per heavy atom. The number of anilines is 1. The molecular formula is C16H18BrNO2. The van der Waals surface area contributed by atoms with Crippen LogP contribution in [-0.2, 0) is 6.42 Å². The Balaban J connectivity index is 1.79.